The number of fused-ring (bicyclic) bond motifs is 1. The van der Waals surface area contributed by atoms with Crippen molar-refractivity contribution in [2.45, 2.75) is 0 Å². The Morgan fingerprint density at radius 1 is 1.33 bits per heavy atom. The Bertz CT molecular complexity index is 783. The average molecular weight is 365 g/mol. The van der Waals surface area contributed by atoms with E-state index in [1.807, 2.05) is 18.2 Å². The van der Waals surface area contributed by atoms with Gasteiger partial charge in [0.1, 0.15) is 0 Å². The first-order valence-corrected chi connectivity index (χ1v) is 8.75. The SMILES string of the molecule is C=CC(=O)NCC(=O)N1CCN(c2nc3ccc(Cl)cc3s2)CC1. The zero-order valence-corrected chi connectivity index (χ0v) is 14.6. The predicted octanol–water partition coefficient (Wildman–Crippen LogP) is 1.90. The highest BCUT2D eigenvalue weighted by atomic mass is 35.5. The molecule has 0 aliphatic carbocycles. The lowest BCUT2D eigenvalue weighted by Gasteiger charge is -2.34. The summed E-state index contributed by atoms with van der Waals surface area (Å²) in [5.74, 6) is -0.420. The minimum atomic E-state index is -0.338. The summed E-state index contributed by atoms with van der Waals surface area (Å²) in [7, 11) is 0. The van der Waals surface area contributed by atoms with Crippen LogP contribution in [-0.4, -0.2) is 54.4 Å². The number of carbonyl (C=O) groups is 2. The maximum absolute atomic E-state index is 12.1. The van der Waals surface area contributed by atoms with Gasteiger partial charge in [-0.3, -0.25) is 9.59 Å². The van der Waals surface area contributed by atoms with Crippen LogP contribution in [0.2, 0.25) is 5.02 Å². The fraction of sp³-hybridized carbons (Fsp3) is 0.312. The van der Waals surface area contributed by atoms with Gasteiger partial charge in [0.15, 0.2) is 5.13 Å². The van der Waals surface area contributed by atoms with Crippen molar-refractivity contribution in [3.63, 3.8) is 0 Å². The van der Waals surface area contributed by atoms with Crippen molar-refractivity contribution in [1.82, 2.24) is 15.2 Å². The lowest BCUT2D eigenvalue weighted by Crippen LogP contribution is -2.51. The number of rotatable bonds is 4. The van der Waals surface area contributed by atoms with Crippen LogP contribution in [0.3, 0.4) is 0 Å². The minimum Gasteiger partial charge on any atom is -0.345 e. The van der Waals surface area contributed by atoms with E-state index in [0.717, 1.165) is 21.4 Å². The molecule has 126 valence electrons. The van der Waals surface area contributed by atoms with Gasteiger partial charge in [0, 0.05) is 31.2 Å². The van der Waals surface area contributed by atoms with E-state index >= 15 is 0 Å². The number of hydrogen-bond acceptors (Lipinski definition) is 5. The summed E-state index contributed by atoms with van der Waals surface area (Å²) in [5, 5.41) is 4.16. The standard InChI is InChI=1S/C16H17ClN4O2S/c1-2-14(22)18-10-15(23)20-5-7-21(8-6-20)16-19-12-4-3-11(17)9-13(12)24-16/h2-4,9H,1,5-8,10H2,(H,18,22). The summed E-state index contributed by atoms with van der Waals surface area (Å²) >= 11 is 7.62. The maximum atomic E-state index is 12.1. The molecule has 8 heteroatoms. The Kier molecular flexibility index (Phi) is 5.01. The molecule has 0 atom stereocenters. The Balaban J connectivity index is 1.58. The molecule has 2 amide bonds. The summed E-state index contributed by atoms with van der Waals surface area (Å²) in [6.45, 7) is 6.02. The number of halogens is 1. The Hall–Kier alpha value is -2.12. The number of nitrogens with one attached hydrogen (secondary N) is 1. The van der Waals surface area contributed by atoms with Crippen molar-refractivity contribution in [3.05, 3.63) is 35.9 Å². The third-order valence-corrected chi connectivity index (χ3v) is 5.16. The maximum Gasteiger partial charge on any atom is 0.243 e. The van der Waals surface area contributed by atoms with Gasteiger partial charge in [-0.25, -0.2) is 4.98 Å². The fourth-order valence-corrected chi connectivity index (χ4v) is 3.81. The van der Waals surface area contributed by atoms with Gasteiger partial charge < -0.3 is 15.1 Å². The van der Waals surface area contributed by atoms with E-state index in [9.17, 15) is 9.59 Å². The van der Waals surface area contributed by atoms with Crippen LogP contribution in [0.25, 0.3) is 10.2 Å². The molecule has 1 saturated heterocycles. The molecule has 2 aromatic rings. The van der Waals surface area contributed by atoms with Crippen LogP contribution < -0.4 is 10.2 Å². The van der Waals surface area contributed by atoms with Crippen molar-refractivity contribution in [2.75, 3.05) is 37.6 Å². The number of benzene rings is 1. The first kappa shape index (κ1) is 16.7. The lowest BCUT2D eigenvalue weighted by molar-refractivity contribution is -0.132. The van der Waals surface area contributed by atoms with Crippen LogP contribution in [0, 0.1) is 0 Å². The van der Waals surface area contributed by atoms with Gasteiger partial charge in [0.2, 0.25) is 11.8 Å². The molecule has 1 fully saturated rings. The highest BCUT2D eigenvalue weighted by Crippen LogP contribution is 2.31. The quantitative estimate of drug-likeness (QED) is 0.841. The van der Waals surface area contributed by atoms with Gasteiger partial charge in [-0.2, -0.15) is 0 Å². The molecule has 2 heterocycles. The Labute approximate surface area is 148 Å². The molecule has 24 heavy (non-hydrogen) atoms. The van der Waals surface area contributed by atoms with Crippen molar-refractivity contribution >= 4 is 50.1 Å². The van der Waals surface area contributed by atoms with Crippen LogP contribution in [0.1, 0.15) is 0 Å². The zero-order valence-electron chi connectivity index (χ0n) is 13.0. The van der Waals surface area contributed by atoms with E-state index in [1.54, 1.807) is 16.2 Å². The average Bonchev–Trinajstić information content (AvgIpc) is 3.02. The van der Waals surface area contributed by atoms with Gasteiger partial charge in [0.05, 0.1) is 16.8 Å². The number of carbonyl (C=O) groups excluding carboxylic acids is 2. The second kappa shape index (κ2) is 7.19. The van der Waals surface area contributed by atoms with Crippen molar-refractivity contribution in [1.29, 1.82) is 0 Å². The number of anilines is 1. The second-order valence-electron chi connectivity index (χ2n) is 5.40. The summed E-state index contributed by atoms with van der Waals surface area (Å²) in [5.41, 5.74) is 0.935. The lowest BCUT2D eigenvalue weighted by atomic mass is 10.3. The fourth-order valence-electron chi connectivity index (χ4n) is 2.52. The van der Waals surface area contributed by atoms with Gasteiger partial charge in [-0.1, -0.05) is 29.5 Å². The number of nitrogens with zero attached hydrogens (tertiary/aromatic N) is 3. The van der Waals surface area contributed by atoms with E-state index < -0.39 is 0 Å². The van der Waals surface area contributed by atoms with E-state index in [0.29, 0.717) is 31.2 Å². The van der Waals surface area contributed by atoms with Crippen molar-refractivity contribution in [3.8, 4) is 0 Å². The van der Waals surface area contributed by atoms with Crippen LogP contribution in [0.4, 0.5) is 5.13 Å². The molecule has 0 saturated carbocycles. The summed E-state index contributed by atoms with van der Waals surface area (Å²) in [6.07, 6.45) is 1.16. The van der Waals surface area contributed by atoms with Gasteiger partial charge in [-0.15, -0.1) is 0 Å². The van der Waals surface area contributed by atoms with Crippen LogP contribution in [-0.2, 0) is 9.59 Å². The van der Waals surface area contributed by atoms with Crippen LogP contribution in [0.15, 0.2) is 30.9 Å². The molecule has 1 aliphatic rings. The molecule has 0 radical (unpaired) electrons. The number of hydrogen-bond donors (Lipinski definition) is 1. The molecule has 1 aliphatic heterocycles. The van der Waals surface area contributed by atoms with Gasteiger partial charge in [0.25, 0.3) is 0 Å². The summed E-state index contributed by atoms with van der Waals surface area (Å²) in [4.78, 5) is 31.7. The predicted molar refractivity (Wildman–Crippen MR) is 96.6 cm³/mol. The molecule has 1 aromatic carbocycles. The number of piperazine rings is 1. The number of amides is 2. The van der Waals surface area contributed by atoms with E-state index in [1.165, 1.54) is 0 Å². The van der Waals surface area contributed by atoms with Gasteiger partial charge in [-0.05, 0) is 24.3 Å². The highest BCUT2D eigenvalue weighted by molar-refractivity contribution is 7.22. The monoisotopic (exact) mass is 364 g/mol. The molecule has 3 rings (SSSR count). The summed E-state index contributed by atoms with van der Waals surface area (Å²) < 4.78 is 1.06. The van der Waals surface area contributed by atoms with E-state index in [-0.39, 0.29) is 18.4 Å². The second-order valence-corrected chi connectivity index (χ2v) is 6.84. The van der Waals surface area contributed by atoms with Crippen molar-refractivity contribution in [2.24, 2.45) is 0 Å². The van der Waals surface area contributed by atoms with E-state index in [4.69, 9.17) is 11.6 Å². The van der Waals surface area contributed by atoms with Crippen molar-refractivity contribution < 1.29 is 9.59 Å². The molecule has 1 N–H and O–H groups in total. The minimum absolute atomic E-state index is 0.00445. The molecular weight excluding hydrogens is 348 g/mol. The molecule has 0 bridgehead atoms. The third kappa shape index (κ3) is 3.68. The number of aromatic nitrogens is 1. The largest absolute Gasteiger partial charge is 0.345 e. The van der Waals surface area contributed by atoms with E-state index in [2.05, 4.69) is 21.8 Å². The smallest absolute Gasteiger partial charge is 0.243 e. The molecule has 1 aromatic heterocycles. The first-order chi connectivity index (χ1) is 11.6. The topological polar surface area (TPSA) is 65.5 Å². The first-order valence-electron chi connectivity index (χ1n) is 7.56. The van der Waals surface area contributed by atoms with Crippen LogP contribution >= 0.6 is 22.9 Å². The third-order valence-electron chi connectivity index (χ3n) is 3.84. The molecule has 6 nitrogen and oxygen atoms in total. The molecule has 0 spiro atoms. The Morgan fingerprint density at radius 3 is 2.79 bits per heavy atom. The summed E-state index contributed by atoms with van der Waals surface area (Å²) in [6, 6.07) is 5.67. The zero-order chi connectivity index (χ0) is 17.1. The van der Waals surface area contributed by atoms with Crippen LogP contribution in [0.5, 0.6) is 0 Å². The van der Waals surface area contributed by atoms with Gasteiger partial charge >= 0.3 is 0 Å². The number of thiazole rings is 1. The molecule has 0 unspecified atom stereocenters. The highest BCUT2D eigenvalue weighted by Gasteiger charge is 2.23. The normalized spacial score (nSPS) is 14.7. The Morgan fingerprint density at radius 2 is 2.08 bits per heavy atom. The molecular formula is C16H17ClN4O2S.